The molecule has 1 unspecified atom stereocenters. The summed E-state index contributed by atoms with van der Waals surface area (Å²) in [5.74, 6) is 0. The van der Waals surface area contributed by atoms with E-state index in [9.17, 15) is 4.79 Å². The Balaban J connectivity index is 2.15. The van der Waals surface area contributed by atoms with Crippen LogP contribution in [0.25, 0.3) is 0 Å². The number of aromatic amines is 1. The molecule has 1 aromatic carbocycles. The van der Waals surface area contributed by atoms with Crippen molar-refractivity contribution in [3.05, 3.63) is 56.6 Å². The highest BCUT2D eigenvalue weighted by atomic mass is 32.1. The Morgan fingerprint density at radius 1 is 1.35 bits per heavy atom. The van der Waals surface area contributed by atoms with Crippen molar-refractivity contribution < 1.29 is 0 Å². The number of rotatable bonds is 5. The molecule has 0 aliphatic heterocycles. The smallest absolute Gasteiger partial charge is 0.304 e. The van der Waals surface area contributed by atoms with E-state index in [0.717, 1.165) is 18.7 Å². The summed E-state index contributed by atoms with van der Waals surface area (Å²) in [5.41, 5.74) is 2.25. The third-order valence-corrected chi connectivity index (χ3v) is 3.37. The van der Waals surface area contributed by atoms with Crippen LogP contribution < -0.4 is 10.2 Å². The van der Waals surface area contributed by atoms with Gasteiger partial charge in [-0.15, -0.1) is 0 Å². The average Bonchev–Trinajstić information content (AvgIpc) is 2.75. The van der Waals surface area contributed by atoms with E-state index in [1.807, 2.05) is 23.6 Å². The van der Waals surface area contributed by atoms with E-state index in [4.69, 9.17) is 0 Å². The minimum Gasteiger partial charge on any atom is -0.317 e. The summed E-state index contributed by atoms with van der Waals surface area (Å²) < 4.78 is 0. The zero-order valence-corrected chi connectivity index (χ0v) is 10.6. The fourth-order valence-corrected chi connectivity index (χ4v) is 2.47. The lowest BCUT2D eigenvalue weighted by Gasteiger charge is -2.17. The maximum atomic E-state index is 11.1. The van der Waals surface area contributed by atoms with Gasteiger partial charge in [0, 0.05) is 23.5 Å². The molecule has 2 aromatic rings. The molecule has 0 bridgehead atoms. The highest BCUT2D eigenvalue weighted by molar-refractivity contribution is 7.07. The van der Waals surface area contributed by atoms with E-state index in [1.165, 1.54) is 16.9 Å². The van der Waals surface area contributed by atoms with Gasteiger partial charge in [-0.3, -0.25) is 4.79 Å². The van der Waals surface area contributed by atoms with Gasteiger partial charge >= 0.3 is 4.87 Å². The van der Waals surface area contributed by atoms with Crippen molar-refractivity contribution >= 4 is 11.3 Å². The molecule has 0 saturated carbocycles. The lowest BCUT2D eigenvalue weighted by atomic mass is 10.0. The van der Waals surface area contributed by atoms with Crippen molar-refractivity contribution in [1.29, 1.82) is 0 Å². The number of hydrogen-bond donors (Lipinski definition) is 2. The van der Waals surface area contributed by atoms with Crippen LogP contribution >= 0.6 is 11.3 Å². The molecule has 0 saturated heterocycles. The van der Waals surface area contributed by atoms with Gasteiger partial charge in [0.2, 0.25) is 0 Å². The Morgan fingerprint density at radius 2 is 2.12 bits per heavy atom. The molecule has 0 amide bonds. The van der Waals surface area contributed by atoms with Crippen LogP contribution in [0, 0.1) is 0 Å². The van der Waals surface area contributed by atoms with Gasteiger partial charge in [0.25, 0.3) is 0 Å². The Hall–Kier alpha value is -1.39. The molecular weight excluding hydrogens is 232 g/mol. The Morgan fingerprint density at radius 3 is 2.71 bits per heavy atom. The van der Waals surface area contributed by atoms with Crippen molar-refractivity contribution in [2.45, 2.75) is 19.4 Å². The number of benzene rings is 1. The minimum atomic E-state index is 0.0170. The molecule has 2 N–H and O–H groups in total. The van der Waals surface area contributed by atoms with Crippen molar-refractivity contribution in [1.82, 2.24) is 10.3 Å². The van der Waals surface area contributed by atoms with E-state index >= 15 is 0 Å². The molecule has 1 aromatic heterocycles. The molecule has 0 aliphatic carbocycles. The van der Waals surface area contributed by atoms with Crippen LogP contribution in [0.2, 0.25) is 0 Å². The summed E-state index contributed by atoms with van der Waals surface area (Å²) in [5, 5.41) is 5.34. The fraction of sp³-hybridized carbons (Fsp3) is 0.308. The van der Waals surface area contributed by atoms with Gasteiger partial charge in [-0.2, -0.15) is 0 Å². The quantitative estimate of drug-likeness (QED) is 0.853. The predicted octanol–water partition coefficient (Wildman–Crippen LogP) is 2.33. The molecule has 0 fully saturated rings. The second kappa shape index (κ2) is 5.80. The van der Waals surface area contributed by atoms with Gasteiger partial charge in [0.05, 0.1) is 0 Å². The second-order valence-corrected chi connectivity index (χ2v) is 4.74. The first kappa shape index (κ1) is 12.1. The summed E-state index contributed by atoms with van der Waals surface area (Å²) in [6.45, 7) is 3.00. The monoisotopic (exact) mass is 248 g/mol. The summed E-state index contributed by atoms with van der Waals surface area (Å²) in [6.07, 6.45) is 0.816. The number of hydrogen-bond acceptors (Lipinski definition) is 3. The Labute approximate surface area is 105 Å². The lowest BCUT2D eigenvalue weighted by molar-refractivity contribution is 0.545. The number of likely N-dealkylation sites (N-methyl/N-ethyl adjacent to an activating group) is 1. The number of aromatic nitrogens is 1. The van der Waals surface area contributed by atoms with Crippen molar-refractivity contribution in [3.63, 3.8) is 0 Å². The molecule has 4 heteroatoms. The first-order chi connectivity index (χ1) is 8.29. The molecule has 0 spiro atoms. The van der Waals surface area contributed by atoms with Gasteiger partial charge in [-0.25, -0.2) is 0 Å². The zero-order chi connectivity index (χ0) is 12.1. The third kappa shape index (κ3) is 3.28. The highest BCUT2D eigenvalue weighted by Crippen LogP contribution is 2.17. The van der Waals surface area contributed by atoms with Gasteiger partial charge in [-0.05, 0) is 12.1 Å². The number of H-pyrrole nitrogens is 1. The average molecular weight is 248 g/mol. The molecule has 3 nitrogen and oxygen atoms in total. The van der Waals surface area contributed by atoms with Gasteiger partial charge in [0.15, 0.2) is 0 Å². The topological polar surface area (TPSA) is 44.9 Å². The molecule has 1 atom stereocenters. The first-order valence-electron chi connectivity index (χ1n) is 5.74. The third-order valence-electron chi connectivity index (χ3n) is 2.65. The molecule has 1 heterocycles. The summed E-state index contributed by atoms with van der Waals surface area (Å²) in [4.78, 5) is 14.0. The first-order valence-corrected chi connectivity index (χ1v) is 6.62. The molecule has 17 heavy (non-hydrogen) atoms. The maximum absolute atomic E-state index is 11.1. The molecule has 2 rings (SSSR count). The van der Waals surface area contributed by atoms with Crippen LogP contribution in [-0.2, 0) is 6.42 Å². The number of nitrogens with one attached hydrogen (secondary N) is 2. The fourth-order valence-electron chi connectivity index (χ4n) is 1.87. The predicted molar refractivity (Wildman–Crippen MR) is 71.5 cm³/mol. The van der Waals surface area contributed by atoms with Crippen LogP contribution in [0.3, 0.4) is 0 Å². The van der Waals surface area contributed by atoms with E-state index in [0.29, 0.717) is 0 Å². The number of thiazole rings is 1. The van der Waals surface area contributed by atoms with E-state index in [-0.39, 0.29) is 10.9 Å². The van der Waals surface area contributed by atoms with Crippen LogP contribution in [0.5, 0.6) is 0 Å². The van der Waals surface area contributed by atoms with E-state index in [2.05, 4.69) is 29.4 Å². The molecule has 0 radical (unpaired) electrons. The zero-order valence-electron chi connectivity index (χ0n) is 9.77. The maximum Gasteiger partial charge on any atom is 0.304 e. The summed E-state index contributed by atoms with van der Waals surface area (Å²) in [6, 6.07) is 10.6. The van der Waals surface area contributed by atoms with Crippen LogP contribution in [-0.4, -0.2) is 11.5 Å². The Bertz CT molecular complexity index is 503. The lowest BCUT2D eigenvalue weighted by Crippen LogP contribution is -2.23. The van der Waals surface area contributed by atoms with E-state index in [1.54, 1.807) is 0 Å². The molecule has 0 aliphatic rings. The van der Waals surface area contributed by atoms with Crippen molar-refractivity contribution in [2.24, 2.45) is 0 Å². The van der Waals surface area contributed by atoms with Crippen molar-refractivity contribution in [3.8, 4) is 0 Å². The second-order valence-electron chi connectivity index (χ2n) is 3.90. The normalized spacial score (nSPS) is 12.5. The summed E-state index contributed by atoms with van der Waals surface area (Å²) in [7, 11) is 0. The molecule has 90 valence electrons. The van der Waals surface area contributed by atoms with Crippen LogP contribution in [0.4, 0.5) is 0 Å². The summed E-state index contributed by atoms with van der Waals surface area (Å²) >= 11 is 1.22. The van der Waals surface area contributed by atoms with E-state index < -0.39 is 0 Å². The van der Waals surface area contributed by atoms with Crippen LogP contribution in [0.1, 0.15) is 24.2 Å². The Kier molecular flexibility index (Phi) is 4.12. The van der Waals surface area contributed by atoms with Gasteiger partial charge in [0.1, 0.15) is 0 Å². The molecular formula is C13H16N2OS. The van der Waals surface area contributed by atoms with Crippen LogP contribution in [0.15, 0.2) is 40.5 Å². The van der Waals surface area contributed by atoms with Gasteiger partial charge < -0.3 is 10.3 Å². The van der Waals surface area contributed by atoms with Gasteiger partial charge in [-0.1, -0.05) is 48.6 Å². The largest absolute Gasteiger partial charge is 0.317 e. The standard InChI is InChI=1S/C13H16N2OS/c1-2-14-12(10-6-4-3-5-7-10)8-11-9-17-13(16)15-11/h3-7,9,12,14H,2,8H2,1H3,(H,15,16). The SMILES string of the molecule is CCNC(Cc1csc(=O)[nH]1)c1ccccc1. The highest BCUT2D eigenvalue weighted by Gasteiger charge is 2.11. The van der Waals surface area contributed by atoms with Crippen molar-refractivity contribution in [2.75, 3.05) is 6.54 Å². The minimum absolute atomic E-state index is 0.0170.